The van der Waals surface area contributed by atoms with Crippen LogP contribution >= 0.6 is 0 Å². The van der Waals surface area contributed by atoms with Crippen molar-refractivity contribution in [2.24, 2.45) is 0 Å². The normalized spacial score (nSPS) is 11.7. The predicted molar refractivity (Wildman–Crippen MR) is 82.9 cm³/mol. The van der Waals surface area contributed by atoms with Crippen molar-refractivity contribution in [1.29, 1.82) is 0 Å². The van der Waals surface area contributed by atoms with Crippen LogP contribution in [-0.2, 0) is 12.7 Å². The van der Waals surface area contributed by atoms with E-state index in [-0.39, 0.29) is 23.7 Å². The number of hydrogen-bond donors (Lipinski definition) is 1. The number of aromatic amines is 1. The monoisotopic (exact) mass is 349 g/mol. The number of nitrogens with zero attached hydrogens (tertiary/aromatic N) is 4. The Bertz CT molecular complexity index is 926. The first kappa shape index (κ1) is 16.9. The Morgan fingerprint density at radius 3 is 2.64 bits per heavy atom. The molecule has 0 saturated heterocycles. The van der Waals surface area contributed by atoms with Gasteiger partial charge in [-0.25, -0.2) is 0 Å². The minimum absolute atomic E-state index is 0.0286. The SMILES string of the molecule is Cc1cc(C(=O)Cn2nnc(-c3cccc(C(F)(F)F)c3)n2)c(C)[nH]1. The van der Waals surface area contributed by atoms with E-state index < -0.39 is 11.7 Å². The standard InChI is InChI=1S/C16H14F3N5O/c1-9-6-13(10(2)20-9)14(25)8-24-22-15(21-23-24)11-4-3-5-12(7-11)16(17,18)19/h3-7,20H,8H2,1-2H3. The summed E-state index contributed by atoms with van der Waals surface area (Å²) in [6, 6.07) is 6.37. The molecule has 0 radical (unpaired) electrons. The molecule has 0 spiro atoms. The molecule has 0 aliphatic rings. The van der Waals surface area contributed by atoms with Crippen LogP contribution in [0.25, 0.3) is 11.4 Å². The molecular weight excluding hydrogens is 335 g/mol. The Morgan fingerprint density at radius 1 is 1.24 bits per heavy atom. The molecule has 9 heteroatoms. The zero-order valence-electron chi connectivity index (χ0n) is 13.4. The van der Waals surface area contributed by atoms with E-state index in [1.807, 2.05) is 6.92 Å². The third-order valence-electron chi connectivity index (χ3n) is 3.64. The van der Waals surface area contributed by atoms with Crippen LogP contribution in [0.2, 0.25) is 0 Å². The van der Waals surface area contributed by atoms with Gasteiger partial charge in [0.2, 0.25) is 5.82 Å². The van der Waals surface area contributed by atoms with Gasteiger partial charge in [-0.3, -0.25) is 4.79 Å². The first-order valence-corrected chi connectivity index (χ1v) is 7.39. The third-order valence-corrected chi connectivity index (χ3v) is 3.64. The predicted octanol–water partition coefficient (Wildman–Crippen LogP) is 3.19. The van der Waals surface area contributed by atoms with Gasteiger partial charge in [0.15, 0.2) is 5.78 Å². The molecule has 0 fully saturated rings. The number of nitrogens with one attached hydrogen (secondary N) is 1. The van der Waals surface area contributed by atoms with E-state index in [4.69, 9.17) is 0 Å². The maximum Gasteiger partial charge on any atom is 0.416 e. The van der Waals surface area contributed by atoms with Gasteiger partial charge in [0.25, 0.3) is 0 Å². The van der Waals surface area contributed by atoms with E-state index in [2.05, 4.69) is 20.4 Å². The Balaban J connectivity index is 1.81. The molecule has 1 aromatic carbocycles. The smallest absolute Gasteiger partial charge is 0.362 e. The molecule has 1 N–H and O–H groups in total. The van der Waals surface area contributed by atoms with Gasteiger partial charge >= 0.3 is 6.18 Å². The van der Waals surface area contributed by atoms with Gasteiger partial charge in [0.05, 0.1) is 5.56 Å². The molecule has 0 aliphatic carbocycles. The average Bonchev–Trinajstić information content (AvgIpc) is 3.13. The number of aromatic nitrogens is 5. The van der Waals surface area contributed by atoms with Crippen LogP contribution in [0.3, 0.4) is 0 Å². The number of H-pyrrole nitrogens is 1. The van der Waals surface area contributed by atoms with Gasteiger partial charge in [-0.1, -0.05) is 12.1 Å². The van der Waals surface area contributed by atoms with Crippen LogP contribution in [0.15, 0.2) is 30.3 Å². The molecule has 6 nitrogen and oxygen atoms in total. The Kier molecular flexibility index (Phi) is 4.15. The molecule has 0 bridgehead atoms. The lowest BCUT2D eigenvalue weighted by atomic mass is 10.1. The number of Topliss-reactive ketones (excluding diaryl/α,β-unsaturated/α-hetero) is 1. The van der Waals surface area contributed by atoms with Crippen molar-refractivity contribution in [3.63, 3.8) is 0 Å². The molecule has 0 aliphatic heterocycles. The molecule has 3 rings (SSSR count). The topological polar surface area (TPSA) is 76.5 Å². The number of carbonyl (C=O) groups excluding carboxylic acids is 1. The van der Waals surface area contributed by atoms with E-state index in [0.717, 1.165) is 28.3 Å². The maximum absolute atomic E-state index is 12.8. The van der Waals surface area contributed by atoms with Crippen LogP contribution in [0.4, 0.5) is 13.2 Å². The number of carbonyl (C=O) groups is 1. The van der Waals surface area contributed by atoms with Crippen molar-refractivity contribution in [2.75, 3.05) is 0 Å². The Morgan fingerprint density at radius 2 is 2.00 bits per heavy atom. The molecule has 130 valence electrons. The van der Waals surface area contributed by atoms with E-state index in [1.54, 1.807) is 13.0 Å². The van der Waals surface area contributed by atoms with Crippen molar-refractivity contribution in [2.45, 2.75) is 26.6 Å². The van der Waals surface area contributed by atoms with Crippen LogP contribution in [0, 0.1) is 13.8 Å². The van der Waals surface area contributed by atoms with Gasteiger partial charge < -0.3 is 4.98 Å². The molecule has 0 saturated carbocycles. The highest BCUT2D eigenvalue weighted by Gasteiger charge is 2.30. The van der Waals surface area contributed by atoms with E-state index in [1.165, 1.54) is 12.1 Å². The van der Waals surface area contributed by atoms with Gasteiger partial charge in [0.1, 0.15) is 6.54 Å². The third kappa shape index (κ3) is 3.59. The molecule has 0 amide bonds. The lowest BCUT2D eigenvalue weighted by Crippen LogP contribution is -2.13. The van der Waals surface area contributed by atoms with Crippen molar-refractivity contribution in [1.82, 2.24) is 25.2 Å². The van der Waals surface area contributed by atoms with Gasteiger partial charge in [-0.15, -0.1) is 10.2 Å². The summed E-state index contributed by atoms with van der Waals surface area (Å²) >= 11 is 0. The summed E-state index contributed by atoms with van der Waals surface area (Å²) in [5, 5.41) is 11.5. The van der Waals surface area contributed by atoms with Crippen molar-refractivity contribution < 1.29 is 18.0 Å². The number of rotatable bonds is 4. The molecule has 25 heavy (non-hydrogen) atoms. The first-order chi connectivity index (χ1) is 11.7. The summed E-state index contributed by atoms with van der Waals surface area (Å²) < 4.78 is 38.3. The van der Waals surface area contributed by atoms with Gasteiger partial charge in [-0.2, -0.15) is 18.0 Å². The van der Waals surface area contributed by atoms with Gasteiger partial charge in [-0.05, 0) is 37.3 Å². The summed E-state index contributed by atoms with van der Waals surface area (Å²) in [4.78, 5) is 16.4. The Hall–Kier alpha value is -2.97. The Labute approximate surface area is 140 Å². The van der Waals surface area contributed by atoms with Crippen LogP contribution in [0.5, 0.6) is 0 Å². The lowest BCUT2D eigenvalue weighted by molar-refractivity contribution is -0.137. The van der Waals surface area contributed by atoms with Crippen molar-refractivity contribution >= 4 is 5.78 Å². The van der Waals surface area contributed by atoms with Crippen LogP contribution in [0.1, 0.15) is 27.3 Å². The minimum atomic E-state index is -4.45. The molecule has 2 aromatic heterocycles. The highest BCUT2D eigenvalue weighted by atomic mass is 19.4. The lowest BCUT2D eigenvalue weighted by Gasteiger charge is -2.06. The number of hydrogen-bond acceptors (Lipinski definition) is 4. The summed E-state index contributed by atoms with van der Waals surface area (Å²) in [6.07, 6.45) is -4.45. The minimum Gasteiger partial charge on any atom is -0.362 e. The number of tetrazole rings is 1. The van der Waals surface area contributed by atoms with E-state index in [9.17, 15) is 18.0 Å². The summed E-state index contributed by atoms with van der Waals surface area (Å²) in [5.74, 6) is -0.185. The van der Waals surface area contributed by atoms with E-state index >= 15 is 0 Å². The number of benzene rings is 1. The summed E-state index contributed by atoms with van der Waals surface area (Å²) in [5.41, 5.74) is 1.51. The quantitative estimate of drug-likeness (QED) is 0.734. The summed E-state index contributed by atoms with van der Waals surface area (Å²) in [7, 11) is 0. The molecule has 3 aromatic rings. The second-order valence-electron chi connectivity index (χ2n) is 5.64. The number of aryl methyl sites for hydroxylation is 2. The van der Waals surface area contributed by atoms with Crippen LogP contribution in [-0.4, -0.2) is 31.0 Å². The average molecular weight is 349 g/mol. The fourth-order valence-corrected chi connectivity index (χ4v) is 2.49. The molecule has 0 unspecified atom stereocenters. The van der Waals surface area contributed by atoms with Crippen molar-refractivity contribution in [3.05, 3.63) is 52.8 Å². The first-order valence-electron chi connectivity index (χ1n) is 7.39. The number of ketones is 1. The number of halogens is 3. The van der Waals surface area contributed by atoms with Gasteiger partial charge in [0, 0.05) is 22.5 Å². The van der Waals surface area contributed by atoms with Crippen molar-refractivity contribution in [3.8, 4) is 11.4 Å². The highest BCUT2D eigenvalue weighted by Crippen LogP contribution is 2.31. The fraction of sp³-hybridized carbons (Fsp3) is 0.250. The summed E-state index contributed by atoms with van der Waals surface area (Å²) in [6.45, 7) is 3.47. The molecular formula is C16H14F3N5O. The second kappa shape index (κ2) is 6.15. The maximum atomic E-state index is 12.8. The highest BCUT2D eigenvalue weighted by molar-refractivity contribution is 5.97. The zero-order valence-corrected chi connectivity index (χ0v) is 13.4. The zero-order chi connectivity index (χ0) is 18.2. The second-order valence-corrected chi connectivity index (χ2v) is 5.64. The molecule has 2 heterocycles. The largest absolute Gasteiger partial charge is 0.416 e. The number of alkyl halides is 3. The van der Waals surface area contributed by atoms with E-state index in [0.29, 0.717) is 5.56 Å². The van der Waals surface area contributed by atoms with Crippen LogP contribution < -0.4 is 0 Å². The fourth-order valence-electron chi connectivity index (χ4n) is 2.49. The molecule has 0 atom stereocenters.